The number of carboxylic acid groups (broad SMARTS) is 1. The normalized spacial score (nSPS) is 10.7. The van der Waals surface area contributed by atoms with Gasteiger partial charge in [-0.25, -0.2) is 9.78 Å². The van der Waals surface area contributed by atoms with Crippen molar-refractivity contribution in [2.75, 3.05) is 14.2 Å². The van der Waals surface area contributed by atoms with Crippen molar-refractivity contribution in [1.82, 2.24) is 4.98 Å². The lowest BCUT2D eigenvalue weighted by Gasteiger charge is -2.08. The molecule has 0 aliphatic rings. The highest BCUT2D eigenvalue weighted by Crippen LogP contribution is 2.38. The summed E-state index contributed by atoms with van der Waals surface area (Å²) < 4.78 is 10.5. The smallest absolute Gasteiger partial charge is 0.347 e. The molecule has 0 unspecified atom stereocenters. The molecule has 5 nitrogen and oxygen atoms in total. The number of methoxy groups -OCH3 is 2. The minimum absolute atomic E-state index is 0.0466. The quantitative estimate of drug-likeness (QED) is 0.913. The largest absolute Gasteiger partial charge is 0.497 e. The predicted molar refractivity (Wildman–Crippen MR) is 81.7 cm³/mol. The van der Waals surface area contributed by atoms with Crippen molar-refractivity contribution in [1.29, 1.82) is 0 Å². The first kappa shape index (κ1) is 15.3. The second kappa shape index (κ2) is 6.13. The van der Waals surface area contributed by atoms with E-state index in [-0.39, 0.29) is 10.8 Å². The van der Waals surface area contributed by atoms with Crippen LogP contribution in [-0.2, 0) is 0 Å². The van der Waals surface area contributed by atoms with Gasteiger partial charge in [-0.3, -0.25) is 0 Å². The van der Waals surface area contributed by atoms with Crippen LogP contribution in [0.2, 0.25) is 0 Å². The fraction of sp³-hybridized carbons (Fsp3) is 0.333. The maximum Gasteiger partial charge on any atom is 0.347 e. The van der Waals surface area contributed by atoms with E-state index < -0.39 is 5.97 Å². The van der Waals surface area contributed by atoms with Gasteiger partial charge in [0.15, 0.2) is 0 Å². The second-order valence-electron chi connectivity index (χ2n) is 4.76. The van der Waals surface area contributed by atoms with Crippen LogP contribution in [-0.4, -0.2) is 30.3 Å². The van der Waals surface area contributed by atoms with Crippen LogP contribution in [0.5, 0.6) is 11.5 Å². The van der Waals surface area contributed by atoms with Gasteiger partial charge in [0, 0.05) is 6.07 Å². The third kappa shape index (κ3) is 3.00. The Hall–Kier alpha value is -2.08. The van der Waals surface area contributed by atoms with Crippen LogP contribution in [0.3, 0.4) is 0 Å². The maximum absolute atomic E-state index is 11.3. The van der Waals surface area contributed by atoms with Crippen LogP contribution in [0.4, 0.5) is 0 Å². The molecule has 1 N–H and O–H groups in total. The average Bonchev–Trinajstić information content (AvgIpc) is 2.92. The molecule has 0 spiro atoms. The lowest BCUT2D eigenvalue weighted by molar-refractivity contribution is 0.0700. The lowest BCUT2D eigenvalue weighted by atomic mass is 10.1. The minimum atomic E-state index is -0.949. The lowest BCUT2D eigenvalue weighted by Crippen LogP contribution is -2.00. The Balaban J connectivity index is 2.56. The Bertz CT molecular complexity index is 664. The van der Waals surface area contributed by atoms with Crippen molar-refractivity contribution in [3.05, 3.63) is 28.8 Å². The minimum Gasteiger partial charge on any atom is -0.497 e. The first-order valence-corrected chi connectivity index (χ1v) is 7.26. The summed E-state index contributed by atoms with van der Waals surface area (Å²) in [7, 11) is 3.14. The van der Waals surface area contributed by atoms with E-state index >= 15 is 0 Å². The molecular weight excluding hydrogens is 290 g/mol. The van der Waals surface area contributed by atoms with Crippen LogP contribution < -0.4 is 9.47 Å². The summed E-state index contributed by atoms with van der Waals surface area (Å²) in [6.07, 6.45) is 0. The number of benzene rings is 1. The van der Waals surface area contributed by atoms with Crippen LogP contribution in [0.25, 0.3) is 10.6 Å². The van der Waals surface area contributed by atoms with Crippen molar-refractivity contribution >= 4 is 17.3 Å². The molecule has 0 saturated carbocycles. The summed E-state index contributed by atoms with van der Waals surface area (Å²) in [6.45, 7) is 3.85. The Morgan fingerprint density at radius 1 is 1.29 bits per heavy atom. The van der Waals surface area contributed by atoms with E-state index in [2.05, 4.69) is 4.98 Å². The highest BCUT2D eigenvalue weighted by atomic mass is 32.1. The zero-order valence-corrected chi connectivity index (χ0v) is 13.2. The van der Waals surface area contributed by atoms with Crippen molar-refractivity contribution < 1.29 is 19.4 Å². The molecule has 2 rings (SSSR count). The zero-order valence-electron chi connectivity index (χ0n) is 12.3. The summed E-state index contributed by atoms with van der Waals surface area (Å²) >= 11 is 1.16. The summed E-state index contributed by atoms with van der Waals surface area (Å²) in [5.74, 6) is 0.380. The number of rotatable bonds is 5. The van der Waals surface area contributed by atoms with Crippen LogP contribution >= 0.6 is 11.3 Å². The van der Waals surface area contributed by atoms with Gasteiger partial charge in [0.1, 0.15) is 21.4 Å². The SMILES string of the molecule is COc1ccc(-c2nc(C(C)C)c(C(=O)O)s2)c(OC)c1. The average molecular weight is 307 g/mol. The van der Waals surface area contributed by atoms with Crippen molar-refractivity contribution in [2.45, 2.75) is 19.8 Å². The fourth-order valence-electron chi connectivity index (χ4n) is 1.97. The van der Waals surface area contributed by atoms with Gasteiger partial charge in [0.05, 0.1) is 25.5 Å². The van der Waals surface area contributed by atoms with E-state index in [0.29, 0.717) is 22.2 Å². The van der Waals surface area contributed by atoms with Gasteiger partial charge < -0.3 is 14.6 Å². The van der Waals surface area contributed by atoms with Gasteiger partial charge in [-0.15, -0.1) is 11.3 Å². The number of aromatic nitrogens is 1. The molecule has 0 saturated heterocycles. The Kier molecular flexibility index (Phi) is 4.47. The number of carbonyl (C=O) groups is 1. The molecule has 0 fully saturated rings. The molecule has 0 amide bonds. The summed E-state index contributed by atoms with van der Waals surface area (Å²) in [4.78, 5) is 16.1. The van der Waals surface area contributed by atoms with Crippen LogP contribution in [0, 0.1) is 0 Å². The third-order valence-electron chi connectivity index (χ3n) is 3.03. The molecule has 0 aliphatic heterocycles. The number of hydrogen-bond donors (Lipinski definition) is 1. The molecule has 2 aromatic rings. The van der Waals surface area contributed by atoms with Crippen LogP contribution in [0.1, 0.15) is 35.1 Å². The van der Waals surface area contributed by atoms with E-state index in [1.54, 1.807) is 26.4 Å². The van der Waals surface area contributed by atoms with Gasteiger partial charge in [0.25, 0.3) is 0 Å². The summed E-state index contributed by atoms with van der Waals surface area (Å²) in [5, 5.41) is 9.94. The van der Waals surface area contributed by atoms with E-state index in [9.17, 15) is 9.90 Å². The topological polar surface area (TPSA) is 68.7 Å². The third-order valence-corrected chi connectivity index (χ3v) is 4.13. The van der Waals surface area contributed by atoms with Crippen molar-refractivity contribution in [3.8, 4) is 22.1 Å². The molecule has 1 aromatic carbocycles. The van der Waals surface area contributed by atoms with Crippen molar-refractivity contribution in [2.24, 2.45) is 0 Å². The molecule has 0 bridgehead atoms. The van der Waals surface area contributed by atoms with Gasteiger partial charge in [-0.2, -0.15) is 0 Å². The summed E-state index contributed by atoms with van der Waals surface area (Å²) in [5.41, 5.74) is 1.36. The van der Waals surface area contributed by atoms with E-state index in [1.807, 2.05) is 19.9 Å². The van der Waals surface area contributed by atoms with Gasteiger partial charge in [-0.05, 0) is 18.1 Å². The Labute approximate surface area is 127 Å². The van der Waals surface area contributed by atoms with E-state index in [0.717, 1.165) is 16.9 Å². The zero-order chi connectivity index (χ0) is 15.6. The Morgan fingerprint density at radius 3 is 2.48 bits per heavy atom. The van der Waals surface area contributed by atoms with Gasteiger partial charge >= 0.3 is 5.97 Å². The highest BCUT2D eigenvalue weighted by Gasteiger charge is 2.22. The molecule has 1 aromatic heterocycles. The molecule has 21 heavy (non-hydrogen) atoms. The highest BCUT2D eigenvalue weighted by molar-refractivity contribution is 7.17. The fourth-order valence-corrected chi connectivity index (χ4v) is 3.06. The first-order valence-electron chi connectivity index (χ1n) is 6.44. The first-order chi connectivity index (χ1) is 9.97. The molecule has 0 atom stereocenters. The maximum atomic E-state index is 11.3. The van der Waals surface area contributed by atoms with E-state index in [1.165, 1.54) is 0 Å². The van der Waals surface area contributed by atoms with Crippen molar-refractivity contribution in [3.63, 3.8) is 0 Å². The predicted octanol–water partition coefficient (Wildman–Crippen LogP) is 3.65. The number of ether oxygens (including phenoxy) is 2. The standard InChI is InChI=1S/C15H17NO4S/c1-8(2)12-13(15(17)18)21-14(16-12)10-6-5-9(19-3)7-11(10)20-4/h5-8H,1-4H3,(H,17,18). The number of thiazole rings is 1. The number of hydrogen-bond acceptors (Lipinski definition) is 5. The number of aromatic carboxylic acids is 1. The van der Waals surface area contributed by atoms with Gasteiger partial charge in [0.2, 0.25) is 0 Å². The molecular formula is C15H17NO4S. The number of carboxylic acids is 1. The molecule has 0 aliphatic carbocycles. The molecule has 6 heteroatoms. The number of nitrogens with zero attached hydrogens (tertiary/aromatic N) is 1. The molecule has 1 heterocycles. The second-order valence-corrected chi connectivity index (χ2v) is 5.76. The van der Waals surface area contributed by atoms with Crippen LogP contribution in [0.15, 0.2) is 18.2 Å². The van der Waals surface area contributed by atoms with E-state index in [4.69, 9.17) is 9.47 Å². The monoisotopic (exact) mass is 307 g/mol. The molecule has 112 valence electrons. The van der Waals surface area contributed by atoms with Gasteiger partial charge in [-0.1, -0.05) is 13.8 Å². The molecule has 0 radical (unpaired) electrons. The summed E-state index contributed by atoms with van der Waals surface area (Å²) in [6, 6.07) is 5.38. The Morgan fingerprint density at radius 2 is 2.00 bits per heavy atom.